The van der Waals surface area contributed by atoms with E-state index in [9.17, 15) is 9.59 Å². The molecule has 2 N–H and O–H groups in total. The fourth-order valence-corrected chi connectivity index (χ4v) is 3.00. The van der Waals surface area contributed by atoms with Crippen molar-refractivity contribution in [2.45, 2.75) is 44.1 Å². The fourth-order valence-electron chi connectivity index (χ4n) is 3.00. The number of hydrogen-bond acceptors (Lipinski definition) is 3. The van der Waals surface area contributed by atoms with Gasteiger partial charge < -0.3 is 10.6 Å². The van der Waals surface area contributed by atoms with Crippen LogP contribution in [0.2, 0.25) is 0 Å². The molecular formula is C16H21N3O2. The van der Waals surface area contributed by atoms with E-state index in [1.165, 1.54) is 5.56 Å². The van der Waals surface area contributed by atoms with Crippen LogP contribution in [0.15, 0.2) is 24.5 Å². The summed E-state index contributed by atoms with van der Waals surface area (Å²) in [5.41, 5.74) is 1.25. The molecule has 3 rings (SSSR count). The van der Waals surface area contributed by atoms with Crippen LogP contribution in [0.5, 0.6) is 0 Å². The highest BCUT2D eigenvalue weighted by Crippen LogP contribution is 2.46. The first-order valence-corrected chi connectivity index (χ1v) is 7.71. The van der Waals surface area contributed by atoms with Crippen molar-refractivity contribution in [3.05, 3.63) is 30.1 Å². The van der Waals surface area contributed by atoms with Gasteiger partial charge in [-0.25, -0.2) is 0 Å². The Labute approximate surface area is 124 Å². The summed E-state index contributed by atoms with van der Waals surface area (Å²) in [6.07, 6.45) is 7.86. The van der Waals surface area contributed by atoms with Crippen molar-refractivity contribution >= 4 is 11.8 Å². The van der Waals surface area contributed by atoms with Gasteiger partial charge in [-0.2, -0.15) is 0 Å². The van der Waals surface area contributed by atoms with Crippen molar-refractivity contribution in [1.29, 1.82) is 0 Å². The highest BCUT2D eigenvalue weighted by Gasteiger charge is 2.38. The summed E-state index contributed by atoms with van der Waals surface area (Å²) in [7, 11) is 0. The molecule has 2 heterocycles. The van der Waals surface area contributed by atoms with Crippen LogP contribution in [0.3, 0.4) is 0 Å². The molecule has 0 bridgehead atoms. The van der Waals surface area contributed by atoms with Crippen molar-refractivity contribution in [2.24, 2.45) is 5.92 Å². The summed E-state index contributed by atoms with van der Waals surface area (Å²) in [6.45, 7) is 0.685. The van der Waals surface area contributed by atoms with Crippen molar-refractivity contribution in [3.63, 3.8) is 0 Å². The first-order chi connectivity index (χ1) is 10.2. The van der Waals surface area contributed by atoms with E-state index in [0.29, 0.717) is 24.8 Å². The van der Waals surface area contributed by atoms with Crippen molar-refractivity contribution in [3.8, 4) is 0 Å². The van der Waals surface area contributed by atoms with Crippen LogP contribution in [-0.4, -0.2) is 29.4 Å². The molecule has 1 saturated carbocycles. The summed E-state index contributed by atoms with van der Waals surface area (Å²) in [6, 6.07) is 3.69. The summed E-state index contributed by atoms with van der Waals surface area (Å²) in [5, 5.41) is 5.79. The Kier molecular flexibility index (Phi) is 4.18. The summed E-state index contributed by atoms with van der Waals surface area (Å²) in [5.74, 6) is 0.969. The van der Waals surface area contributed by atoms with Gasteiger partial charge >= 0.3 is 0 Å². The maximum absolute atomic E-state index is 12.1. The van der Waals surface area contributed by atoms with Crippen molar-refractivity contribution in [2.75, 3.05) is 6.54 Å². The molecule has 0 aromatic carbocycles. The van der Waals surface area contributed by atoms with Gasteiger partial charge in [-0.05, 0) is 42.7 Å². The monoisotopic (exact) mass is 287 g/mol. The zero-order chi connectivity index (χ0) is 14.7. The molecule has 1 aliphatic heterocycles. The third kappa shape index (κ3) is 3.60. The highest BCUT2D eigenvalue weighted by molar-refractivity contribution is 5.87. The lowest BCUT2D eigenvalue weighted by Gasteiger charge is -2.15. The molecule has 0 spiro atoms. The number of pyridine rings is 1. The van der Waals surface area contributed by atoms with Crippen LogP contribution in [-0.2, 0) is 9.59 Å². The van der Waals surface area contributed by atoms with Crippen LogP contribution in [0.4, 0.5) is 0 Å². The molecular weight excluding hydrogens is 266 g/mol. The molecule has 2 fully saturated rings. The normalized spacial score (nSPS) is 28.4. The standard InChI is InChI=1S/C16H21N3O2/c20-15-6-2-1-5-14(19-15)16(21)18-10-12-8-13(12)11-4-3-7-17-9-11/h3-4,7,9,12-14H,1-2,5-6,8,10H2,(H,18,21)(H,19,20)/t12-,13-,14?/m0/s1. The number of nitrogens with zero attached hydrogens (tertiary/aromatic N) is 1. The van der Waals surface area contributed by atoms with Crippen LogP contribution in [0, 0.1) is 5.92 Å². The molecule has 0 radical (unpaired) electrons. The van der Waals surface area contributed by atoms with E-state index in [2.05, 4.69) is 21.7 Å². The lowest BCUT2D eigenvalue weighted by Crippen LogP contribution is -2.46. The smallest absolute Gasteiger partial charge is 0.242 e. The molecule has 1 aromatic heterocycles. The van der Waals surface area contributed by atoms with Gasteiger partial charge in [0.2, 0.25) is 11.8 Å². The third-order valence-electron chi connectivity index (χ3n) is 4.37. The predicted octanol–water partition coefficient (Wildman–Crippen LogP) is 1.36. The SMILES string of the molecule is O=C1CCCCC(C(=O)NC[C@@H]2C[C@H]2c2cccnc2)N1. The van der Waals surface area contributed by atoms with Gasteiger partial charge in [0.15, 0.2) is 0 Å². The second-order valence-electron chi connectivity index (χ2n) is 6.00. The molecule has 3 atom stereocenters. The van der Waals surface area contributed by atoms with Gasteiger partial charge in [-0.1, -0.05) is 12.5 Å². The summed E-state index contributed by atoms with van der Waals surface area (Å²) >= 11 is 0. The number of aromatic nitrogens is 1. The predicted molar refractivity (Wildman–Crippen MR) is 78.5 cm³/mol. The van der Waals surface area contributed by atoms with E-state index < -0.39 is 0 Å². The minimum atomic E-state index is -0.351. The van der Waals surface area contributed by atoms with Gasteiger partial charge in [-0.15, -0.1) is 0 Å². The van der Waals surface area contributed by atoms with Crippen molar-refractivity contribution < 1.29 is 9.59 Å². The average Bonchev–Trinajstić information content (AvgIpc) is 3.30. The molecule has 2 amide bonds. The second kappa shape index (κ2) is 6.24. The van der Waals surface area contributed by atoms with Crippen LogP contribution in [0.1, 0.15) is 43.6 Å². The van der Waals surface area contributed by atoms with E-state index in [1.807, 2.05) is 12.3 Å². The maximum atomic E-state index is 12.1. The van der Waals surface area contributed by atoms with E-state index in [-0.39, 0.29) is 17.9 Å². The third-order valence-corrected chi connectivity index (χ3v) is 4.37. The van der Waals surface area contributed by atoms with Crippen LogP contribution >= 0.6 is 0 Å². The lowest BCUT2D eigenvalue weighted by molar-refractivity contribution is -0.128. The average molecular weight is 287 g/mol. The van der Waals surface area contributed by atoms with E-state index in [0.717, 1.165) is 25.7 Å². The lowest BCUT2D eigenvalue weighted by atomic mass is 10.1. The Morgan fingerprint density at radius 3 is 3.14 bits per heavy atom. The quantitative estimate of drug-likeness (QED) is 0.878. The molecule has 1 aliphatic carbocycles. The Bertz CT molecular complexity index is 518. The first kappa shape index (κ1) is 14.0. The Morgan fingerprint density at radius 1 is 1.43 bits per heavy atom. The number of carbonyl (C=O) groups is 2. The molecule has 2 aliphatic rings. The number of carbonyl (C=O) groups excluding carboxylic acids is 2. The molecule has 1 aromatic rings. The number of nitrogens with one attached hydrogen (secondary N) is 2. The van der Waals surface area contributed by atoms with Crippen molar-refractivity contribution in [1.82, 2.24) is 15.6 Å². The molecule has 1 saturated heterocycles. The van der Waals surface area contributed by atoms with Crippen LogP contribution in [0.25, 0.3) is 0 Å². The Morgan fingerprint density at radius 2 is 2.33 bits per heavy atom. The molecule has 21 heavy (non-hydrogen) atoms. The first-order valence-electron chi connectivity index (χ1n) is 7.71. The van der Waals surface area contributed by atoms with Gasteiger partial charge in [-0.3, -0.25) is 14.6 Å². The topological polar surface area (TPSA) is 71.1 Å². The minimum absolute atomic E-state index is 0.00712. The van der Waals surface area contributed by atoms with Gasteiger partial charge in [0.05, 0.1) is 0 Å². The van der Waals surface area contributed by atoms with Gasteiger partial charge in [0.1, 0.15) is 6.04 Å². The van der Waals surface area contributed by atoms with E-state index in [1.54, 1.807) is 6.20 Å². The van der Waals surface area contributed by atoms with Gasteiger partial charge in [0.25, 0.3) is 0 Å². The van der Waals surface area contributed by atoms with E-state index in [4.69, 9.17) is 0 Å². The molecule has 5 nitrogen and oxygen atoms in total. The molecule has 5 heteroatoms. The largest absolute Gasteiger partial charge is 0.354 e. The Hall–Kier alpha value is -1.91. The second-order valence-corrected chi connectivity index (χ2v) is 6.00. The molecule has 1 unspecified atom stereocenters. The minimum Gasteiger partial charge on any atom is -0.354 e. The summed E-state index contributed by atoms with van der Waals surface area (Å²) in [4.78, 5) is 27.8. The number of hydrogen-bond donors (Lipinski definition) is 2. The summed E-state index contributed by atoms with van der Waals surface area (Å²) < 4.78 is 0. The number of amides is 2. The maximum Gasteiger partial charge on any atom is 0.242 e. The van der Waals surface area contributed by atoms with Crippen LogP contribution < -0.4 is 10.6 Å². The zero-order valence-electron chi connectivity index (χ0n) is 12.0. The van der Waals surface area contributed by atoms with Gasteiger partial charge in [0, 0.05) is 25.4 Å². The van der Waals surface area contributed by atoms with E-state index >= 15 is 0 Å². The highest BCUT2D eigenvalue weighted by atomic mass is 16.2. The Balaban J connectivity index is 1.45. The zero-order valence-corrected chi connectivity index (χ0v) is 12.0. The fraction of sp³-hybridized carbons (Fsp3) is 0.562. The molecule has 112 valence electrons. The number of rotatable bonds is 4.